The summed E-state index contributed by atoms with van der Waals surface area (Å²) in [4.78, 5) is 189. The van der Waals surface area contributed by atoms with Crippen LogP contribution in [0.1, 0.15) is 374 Å². The normalized spacial score (nSPS) is 9.50. The largest absolute Gasteiger partial charge is 0.466 e. The van der Waals surface area contributed by atoms with E-state index in [1.54, 1.807) is 125 Å². The topological polar surface area (TPSA) is 473 Å². The smallest absolute Gasteiger partial charge is 0.308 e. The third kappa shape index (κ3) is 169. The van der Waals surface area contributed by atoms with E-state index in [1.165, 1.54) is 0 Å². The van der Waals surface area contributed by atoms with Crippen molar-refractivity contribution in [1.29, 1.82) is 0 Å². The van der Waals surface area contributed by atoms with Crippen LogP contribution < -0.4 is 0 Å². The molecule has 36 heteroatoms. The Hall–Kier alpha value is -9.54. The number of ether oxygens (including phenoxy) is 18. The zero-order valence-corrected chi connectivity index (χ0v) is 101. The predicted molar refractivity (Wildman–Crippen MR) is 566 cm³/mol. The van der Waals surface area contributed by atoms with E-state index in [2.05, 4.69) is 85.3 Å². The molecule has 0 aliphatic rings. The van der Waals surface area contributed by atoms with Gasteiger partial charge in [0, 0.05) is 0 Å². The molecule has 0 aromatic heterocycles. The van der Waals surface area contributed by atoms with Gasteiger partial charge in [0.2, 0.25) is 0 Å². The van der Waals surface area contributed by atoms with E-state index in [0.717, 1.165) is 0 Å². The Kier molecular flexibility index (Phi) is 159. The molecule has 0 heterocycles. The Morgan fingerprint density at radius 2 is 0.118 bits per heavy atom. The molecule has 0 aromatic rings. The fourth-order valence-corrected chi connectivity index (χ4v) is 5.56. The Balaban J connectivity index is -0.0000000730. The van der Waals surface area contributed by atoms with E-state index >= 15 is 0 Å². The highest BCUT2D eigenvalue weighted by Crippen LogP contribution is 2.05. The van der Waals surface area contributed by atoms with E-state index in [4.69, 9.17) is 0 Å². The molecule has 36 nitrogen and oxygen atoms in total. The molecule has 0 N–H and O–H groups in total. The number of rotatable bonds is 36. The van der Waals surface area contributed by atoms with Crippen molar-refractivity contribution >= 4 is 107 Å². The van der Waals surface area contributed by atoms with Gasteiger partial charge in [-0.25, -0.2) is 0 Å². The van der Waals surface area contributed by atoms with Crippen LogP contribution in [-0.4, -0.2) is 226 Å². The first-order valence-electron chi connectivity index (χ1n) is 51.3. The summed E-state index contributed by atoms with van der Waals surface area (Å²) in [6.45, 7) is 107. The van der Waals surface area contributed by atoms with Crippen LogP contribution in [0.15, 0.2) is 0 Å². The van der Waals surface area contributed by atoms with Crippen molar-refractivity contribution in [3.63, 3.8) is 0 Å². The first-order chi connectivity index (χ1) is 66.3. The summed E-state index contributed by atoms with van der Waals surface area (Å²) in [5.41, 5.74) is 0. The molecule has 0 saturated heterocycles. The summed E-state index contributed by atoms with van der Waals surface area (Å²) in [7, 11) is 0. The molecular formula is C108H216O36. The molecule has 0 radical (unpaired) electrons. The predicted octanol–water partition coefficient (Wildman–Crippen LogP) is 21.7. The third-order valence-electron chi connectivity index (χ3n) is 13.6. The van der Waals surface area contributed by atoms with Gasteiger partial charge in [-0.3, -0.25) is 86.3 Å². The lowest BCUT2D eigenvalue weighted by molar-refractivity contribution is -0.147. The highest BCUT2D eigenvalue weighted by atomic mass is 16.6. The summed E-state index contributed by atoms with van der Waals surface area (Å²) < 4.78 is 84.0. The maximum Gasteiger partial charge on any atom is 0.308 e. The van der Waals surface area contributed by atoms with Gasteiger partial charge in [0.05, 0.1) is 225 Å². The molecule has 0 aliphatic heterocycles. The molecule has 0 unspecified atom stereocenters. The molecule has 0 spiro atoms. The molecule has 0 amide bonds. The second-order valence-corrected chi connectivity index (χ2v) is 34.3. The average molecular weight is 2090 g/mol. The molecule has 0 rings (SSSR count). The molecule has 864 valence electrons. The van der Waals surface area contributed by atoms with Crippen molar-refractivity contribution in [2.24, 2.45) is 107 Å². The molecule has 0 saturated carbocycles. The summed E-state index contributed by atoms with van der Waals surface area (Å²) >= 11 is 0. The maximum absolute atomic E-state index is 10.5. The number of hydrogen-bond donors (Lipinski definition) is 0. The van der Waals surface area contributed by atoms with Crippen molar-refractivity contribution in [2.45, 2.75) is 374 Å². The minimum Gasteiger partial charge on any atom is -0.466 e. The Morgan fingerprint density at radius 3 is 0.125 bits per heavy atom. The molecule has 144 heavy (non-hydrogen) atoms. The maximum atomic E-state index is 10.5. The lowest BCUT2D eigenvalue weighted by atomic mass is 10.2. The van der Waals surface area contributed by atoms with Crippen molar-refractivity contribution in [1.82, 2.24) is 0 Å². The highest BCUT2D eigenvalue weighted by molar-refractivity contribution is 5.77. The highest BCUT2D eigenvalue weighted by Gasteiger charge is 2.15. The molecular weight excluding hydrogens is 1870 g/mol. The van der Waals surface area contributed by atoms with E-state index in [1.807, 2.05) is 249 Å². The van der Waals surface area contributed by atoms with Gasteiger partial charge < -0.3 is 85.3 Å². The Morgan fingerprint density at radius 1 is 0.0903 bits per heavy atom. The van der Waals surface area contributed by atoms with Gasteiger partial charge in [0.15, 0.2) is 0 Å². The van der Waals surface area contributed by atoms with Gasteiger partial charge in [0.25, 0.3) is 0 Å². The van der Waals surface area contributed by atoms with Crippen LogP contribution in [0, 0.1) is 107 Å². The minimum atomic E-state index is -0.118. The van der Waals surface area contributed by atoms with E-state index in [9.17, 15) is 86.3 Å². The van der Waals surface area contributed by atoms with E-state index in [0.29, 0.717) is 119 Å². The second kappa shape index (κ2) is 130. The van der Waals surface area contributed by atoms with Crippen molar-refractivity contribution in [3.8, 4) is 0 Å². The average Bonchev–Trinajstić information content (AvgIpc) is 1.21. The quantitative estimate of drug-likeness (QED) is 0.0415. The van der Waals surface area contributed by atoms with E-state index < -0.39 is 0 Å². The van der Waals surface area contributed by atoms with Gasteiger partial charge >= 0.3 is 107 Å². The number of esters is 18. The number of carbonyl (C=O) groups excluding carboxylic acids is 18. The second-order valence-electron chi connectivity index (χ2n) is 34.3. The monoisotopic (exact) mass is 2090 g/mol. The zero-order chi connectivity index (χ0) is 118. The van der Waals surface area contributed by atoms with Crippen LogP contribution in [0.4, 0.5) is 0 Å². The molecule has 0 bridgehead atoms. The summed E-state index contributed by atoms with van der Waals surface area (Å²) in [6.07, 6.45) is 0. The SMILES string of the molecule is CCOC(=O)C(C)C.CCOC(=O)C(C)C.CCOC(=O)C(C)C.CCOC(=O)C(C)C.CCOC(=O)C(C)C.CCOC(=O)C(C)C.CCOC(=O)C(C)C.CCOC(=O)C(C)C.CCOC(=O)C(C)C.CCOC(=O)C(C)C.CCOC(=O)C(C)C.CCOC(=O)C(C)C.CCOC(=O)C(C)C.CCOC(=O)C(C)C.CCOC(=O)C(C)C.CCOC(=O)C(C)C.CCOC(=O)C(C)C.CCOC(=O)C(C)C. The van der Waals surface area contributed by atoms with Crippen LogP contribution >= 0.6 is 0 Å². The molecule has 0 aliphatic carbocycles. The Bertz CT molecular complexity index is 2200. The third-order valence-corrected chi connectivity index (χ3v) is 13.6. The fourth-order valence-electron chi connectivity index (χ4n) is 5.56. The Labute approximate surface area is 874 Å². The first kappa shape index (κ1) is 177. The molecule has 0 aromatic carbocycles. The van der Waals surface area contributed by atoms with Gasteiger partial charge in [-0.15, -0.1) is 0 Å². The van der Waals surface area contributed by atoms with Crippen LogP contribution in [0.25, 0.3) is 0 Å². The van der Waals surface area contributed by atoms with Crippen LogP contribution in [0.2, 0.25) is 0 Å². The van der Waals surface area contributed by atoms with Gasteiger partial charge in [-0.05, 0) is 125 Å². The summed E-state index contributed by atoms with van der Waals surface area (Å²) in [5, 5.41) is 0. The van der Waals surface area contributed by atoms with Crippen LogP contribution in [0.3, 0.4) is 0 Å². The lowest BCUT2D eigenvalue weighted by Crippen LogP contribution is -2.10. The van der Waals surface area contributed by atoms with Crippen LogP contribution in [0.5, 0.6) is 0 Å². The van der Waals surface area contributed by atoms with Gasteiger partial charge in [0.1, 0.15) is 0 Å². The first-order valence-corrected chi connectivity index (χ1v) is 51.3. The number of hydrogen-bond acceptors (Lipinski definition) is 36. The molecule has 0 atom stereocenters. The van der Waals surface area contributed by atoms with Crippen molar-refractivity contribution in [2.75, 3.05) is 119 Å². The minimum absolute atomic E-state index is 0.00921. The zero-order valence-electron chi connectivity index (χ0n) is 101. The van der Waals surface area contributed by atoms with Crippen molar-refractivity contribution < 1.29 is 172 Å². The van der Waals surface area contributed by atoms with Crippen molar-refractivity contribution in [3.05, 3.63) is 0 Å². The van der Waals surface area contributed by atoms with E-state index in [-0.39, 0.29) is 214 Å². The number of carbonyl (C=O) groups is 18. The standard InChI is InChI=1S/18C6H12O2/c18*1-4-8-6(7)5(2)3/h18*5H,4H2,1-3H3. The summed E-state index contributed by atoms with van der Waals surface area (Å²) in [6, 6.07) is 0. The van der Waals surface area contributed by atoms with Gasteiger partial charge in [-0.2, -0.15) is 0 Å². The molecule has 0 fully saturated rings. The fraction of sp³-hybridized carbons (Fsp3) is 0.833. The van der Waals surface area contributed by atoms with Gasteiger partial charge in [-0.1, -0.05) is 249 Å². The lowest BCUT2D eigenvalue weighted by Gasteiger charge is -2.01. The van der Waals surface area contributed by atoms with Crippen LogP contribution in [-0.2, 0) is 172 Å². The summed E-state index contributed by atoms with van der Waals surface area (Å²) in [5.74, 6) is -1.96.